The minimum absolute atomic E-state index is 0.0353. The van der Waals surface area contributed by atoms with Crippen molar-refractivity contribution in [2.24, 2.45) is 0 Å². The second kappa shape index (κ2) is 9.89. The topological polar surface area (TPSA) is 114 Å². The van der Waals surface area contributed by atoms with Gasteiger partial charge in [0.05, 0.1) is 29.3 Å². The molecule has 0 bridgehead atoms. The van der Waals surface area contributed by atoms with Gasteiger partial charge in [0.15, 0.2) is 5.69 Å². The van der Waals surface area contributed by atoms with Crippen molar-refractivity contribution in [3.05, 3.63) is 78.8 Å². The molecule has 0 unspecified atom stereocenters. The molecule has 0 atom stereocenters. The largest absolute Gasteiger partial charge is 0.467 e. The second-order valence-corrected chi connectivity index (χ2v) is 7.80. The number of aromatic nitrogens is 2. The molecule has 0 aliphatic rings. The summed E-state index contributed by atoms with van der Waals surface area (Å²) in [6.45, 7) is 2.25. The smallest absolute Gasteiger partial charge is 0.330 e. The number of benzene rings is 1. The summed E-state index contributed by atoms with van der Waals surface area (Å²) in [6, 6.07) is 8.20. The maximum Gasteiger partial charge on any atom is 0.330 e. The summed E-state index contributed by atoms with van der Waals surface area (Å²) in [4.78, 5) is 41.7. The molecule has 0 fully saturated rings. The molecule has 1 aromatic carbocycles. The standard InChI is InChI=1S/C21H22Cl2N4O4/c1-2-3-8-26-19(24)18(20(29)25-21(26)30)27(12-14-5-4-9-31-14)17(28)11-13-6-7-15(22)16(23)10-13/h4-7,9-10H,2-3,8,11-12,24H2,1H3,(H,25,29,30). The summed E-state index contributed by atoms with van der Waals surface area (Å²) in [7, 11) is 0. The number of furan rings is 1. The summed E-state index contributed by atoms with van der Waals surface area (Å²) in [5.74, 6) is -0.0449. The van der Waals surface area contributed by atoms with Crippen LogP contribution in [0.3, 0.4) is 0 Å². The van der Waals surface area contributed by atoms with E-state index in [1.807, 2.05) is 6.92 Å². The summed E-state index contributed by atoms with van der Waals surface area (Å²) in [6.07, 6.45) is 2.91. The van der Waals surface area contributed by atoms with Crippen LogP contribution in [0.15, 0.2) is 50.6 Å². The summed E-state index contributed by atoms with van der Waals surface area (Å²) in [5.41, 5.74) is 5.36. The molecule has 3 rings (SSSR count). The van der Waals surface area contributed by atoms with Crippen molar-refractivity contribution in [1.82, 2.24) is 9.55 Å². The number of H-pyrrole nitrogens is 1. The molecule has 0 aliphatic carbocycles. The number of halogens is 2. The van der Waals surface area contributed by atoms with Crippen LogP contribution >= 0.6 is 23.2 Å². The summed E-state index contributed by atoms with van der Waals surface area (Å²) < 4.78 is 6.63. The fraction of sp³-hybridized carbons (Fsp3) is 0.286. The van der Waals surface area contributed by atoms with Crippen LogP contribution in [0.1, 0.15) is 31.1 Å². The van der Waals surface area contributed by atoms with Crippen LogP contribution in [-0.2, 0) is 24.3 Å². The van der Waals surface area contributed by atoms with Crippen LogP contribution in [0.25, 0.3) is 0 Å². The molecular formula is C21H22Cl2N4O4. The number of carbonyl (C=O) groups is 1. The van der Waals surface area contributed by atoms with Gasteiger partial charge in [-0.25, -0.2) is 4.79 Å². The minimum Gasteiger partial charge on any atom is -0.467 e. The predicted octanol–water partition coefficient (Wildman–Crippen LogP) is 3.59. The number of hydrogen-bond donors (Lipinski definition) is 2. The molecule has 0 saturated heterocycles. The van der Waals surface area contributed by atoms with Gasteiger partial charge in [-0.1, -0.05) is 42.6 Å². The van der Waals surface area contributed by atoms with Crippen molar-refractivity contribution < 1.29 is 9.21 Å². The van der Waals surface area contributed by atoms with E-state index in [2.05, 4.69) is 4.98 Å². The lowest BCUT2D eigenvalue weighted by Crippen LogP contribution is -2.41. The van der Waals surface area contributed by atoms with Crippen molar-refractivity contribution >= 4 is 40.6 Å². The Balaban J connectivity index is 2.04. The van der Waals surface area contributed by atoms with E-state index < -0.39 is 17.2 Å². The van der Waals surface area contributed by atoms with Gasteiger partial charge in [-0.2, -0.15) is 0 Å². The highest BCUT2D eigenvalue weighted by Crippen LogP contribution is 2.25. The molecule has 3 N–H and O–H groups in total. The monoisotopic (exact) mass is 464 g/mol. The highest BCUT2D eigenvalue weighted by atomic mass is 35.5. The molecule has 10 heteroatoms. The van der Waals surface area contributed by atoms with E-state index in [1.54, 1.807) is 30.3 Å². The Labute approximate surface area is 188 Å². The van der Waals surface area contributed by atoms with E-state index >= 15 is 0 Å². The first-order valence-corrected chi connectivity index (χ1v) is 10.5. The van der Waals surface area contributed by atoms with Crippen molar-refractivity contribution in [2.75, 3.05) is 10.6 Å². The normalized spacial score (nSPS) is 10.9. The van der Waals surface area contributed by atoms with Gasteiger partial charge in [0.25, 0.3) is 5.56 Å². The van der Waals surface area contributed by atoms with Crippen molar-refractivity contribution in [2.45, 2.75) is 39.3 Å². The molecule has 164 valence electrons. The third kappa shape index (κ3) is 5.21. The summed E-state index contributed by atoms with van der Waals surface area (Å²) in [5, 5.41) is 0.684. The number of rotatable bonds is 8. The lowest BCUT2D eigenvalue weighted by atomic mass is 10.1. The number of nitrogens with two attached hydrogens (primary N) is 1. The maximum atomic E-state index is 13.3. The Bertz CT molecular complexity index is 1190. The molecule has 3 aromatic rings. The quantitative estimate of drug-likeness (QED) is 0.528. The Hall–Kier alpha value is -2.97. The predicted molar refractivity (Wildman–Crippen MR) is 121 cm³/mol. The molecule has 8 nitrogen and oxygen atoms in total. The van der Waals surface area contributed by atoms with Gasteiger partial charge in [0.1, 0.15) is 11.6 Å². The third-order valence-electron chi connectivity index (χ3n) is 4.75. The van der Waals surface area contributed by atoms with E-state index in [4.69, 9.17) is 33.4 Å². The number of anilines is 2. The number of carbonyl (C=O) groups excluding carboxylic acids is 1. The van der Waals surface area contributed by atoms with Gasteiger partial charge in [0, 0.05) is 6.54 Å². The van der Waals surface area contributed by atoms with Gasteiger partial charge >= 0.3 is 5.69 Å². The van der Waals surface area contributed by atoms with Crippen LogP contribution in [0, 0.1) is 0 Å². The first-order valence-electron chi connectivity index (χ1n) is 9.71. The van der Waals surface area contributed by atoms with Crippen LogP contribution in [0.5, 0.6) is 0 Å². The SMILES string of the molecule is CCCCn1c(N)c(N(Cc2ccco2)C(=O)Cc2ccc(Cl)c(Cl)c2)c(=O)[nH]c1=O. The zero-order valence-corrected chi connectivity index (χ0v) is 18.4. The van der Waals surface area contributed by atoms with E-state index in [9.17, 15) is 14.4 Å². The van der Waals surface area contributed by atoms with E-state index in [0.717, 1.165) is 6.42 Å². The number of amides is 1. The third-order valence-corrected chi connectivity index (χ3v) is 5.49. The average molecular weight is 465 g/mol. The Morgan fingerprint density at radius 2 is 2.00 bits per heavy atom. The number of hydrogen-bond acceptors (Lipinski definition) is 5. The Morgan fingerprint density at radius 3 is 2.65 bits per heavy atom. The van der Waals surface area contributed by atoms with E-state index in [0.29, 0.717) is 34.3 Å². The molecule has 0 saturated carbocycles. The van der Waals surface area contributed by atoms with Gasteiger partial charge in [0.2, 0.25) is 5.91 Å². The highest BCUT2D eigenvalue weighted by molar-refractivity contribution is 6.42. The van der Waals surface area contributed by atoms with Gasteiger partial charge in [-0.15, -0.1) is 0 Å². The zero-order valence-electron chi connectivity index (χ0n) is 16.9. The van der Waals surface area contributed by atoms with Gasteiger partial charge in [-0.05, 0) is 36.2 Å². The van der Waals surface area contributed by atoms with Crippen LogP contribution in [0.4, 0.5) is 11.5 Å². The first kappa shape index (κ1) is 22.7. The van der Waals surface area contributed by atoms with Crippen LogP contribution in [-0.4, -0.2) is 15.5 Å². The lowest BCUT2D eigenvalue weighted by molar-refractivity contribution is -0.118. The zero-order chi connectivity index (χ0) is 22.5. The molecule has 1 amide bonds. The molecular weight excluding hydrogens is 443 g/mol. The van der Waals surface area contributed by atoms with E-state index in [-0.39, 0.29) is 24.5 Å². The van der Waals surface area contributed by atoms with Gasteiger partial charge < -0.3 is 10.2 Å². The van der Waals surface area contributed by atoms with Crippen LogP contribution in [0.2, 0.25) is 10.0 Å². The minimum atomic E-state index is -0.746. The Morgan fingerprint density at radius 1 is 1.23 bits per heavy atom. The summed E-state index contributed by atoms with van der Waals surface area (Å²) >= 11 is 12.0. The van der Waals surface area contributed by atoms with Gasteiger partial charge in [-0.3, -0.25) is 24.0 Å². The fourth-order valence-corrected chi connectivity index (χ4v) is 3.47. The number of aromatic amines is 1. The van der Waals surface area contributed by atoms with Crippen molar-refractivity contribution in [1.29, 1.82) is 0 Å². The molecule has 0 radical (unpaired) electrons. The second-order valence-electron chi connectivity index (χ2n) is 6.98. The maximum absolute atomic E-state index is 13.3. The number of nitrogens with zero attached hydrogens (tertiary/aromatic N) is 2. The highest BCUT2D eigenvalue weighted by Gasteiger charge is 2.25. The molecule has 2 heterocycles. The fourth-order valence-electron chi connectivity index (χ4n) is 3.15. The number of nitrogen functional groups attached to an aromatic ring is 1. The van der Waals surface area contributed by atoms with Crippen molar-refractivity contribution in [3.8, 4) is 0 Å². The molecule has 2 aromatic heterocycles. The number of unbranched alkanes of at least 4 members (excludes halogenated alkanes) is 1. The molecule has 0 spiro atoms. The molecule has 0 aliphatic heterocycles. The van der Waals surface area contributed by atoms with Crippen molar-refractivity contribution in [3.63, 3.8) is 0 Å². The average Bonchev–Trinajstić information content (AvgIpc) is 3.23. The molecule has 31 heavy (non-hydrogen) atoms. The van der Waals surface area contributed by atoms with Crippen LogP contribution < -0.4 is 21.9 Å². The first-order chi connectivity index (χ1) is 14.8. The van der Waals surface area contributed by atoms with E-state index in [1.165, 1.54) is 15.7 Å². The lowest BCUT2D eigenvalue weighted by Gasteiger charge is -2.24. The number of nitrogens with one attached hydrogen (secondary N) is 1. The Kier molecular flexibility index (Phi) is 7.25.